The van der Waals surface area contributed by atoms with E-state index in [1.54, 1.807) is 36.4 Å². The predicted molar refractivity (Wildman–Crippen MR) is 124 cm³/mol. The number of piperidine rings is 1. The Morgan fingerprint density at radius 3 is 2.28 bits per heavy atom. The predicted octanol–water partition coefficient (Wildman–Crippen LogP) is 3.16. The van der Waals surface area contributed by atoms with Gasteiger partial charge >= 0.3 is 0 Å². The first kappa shape index (κ1) is 24.7. The van der Waals surface area contributed by atoms with Gasteiger partial charge in [-0.15, -0.1) is 0 Å². The zero-order chi connectivity index (χ0) is 23.5. The Morgan fingerprint density at radius 1 is 1.09 bits per heavy atom. The Labute approximate surface area is 194 Å². The number of hydrogen-bond acceptors (Lipinski definition) is 5. The Hall–Kier alpha value is -1.94. The molecule has 3 rings (SSSR count). The van der Waals surface area contributed by atoms with Crippen molar-refractivity contribution in [3.05, 3.63) is 64.7 Å². The number of benzene rings is 2. The monoisotopic (exact) mass is 498 g/mol. The Morgan fingerprint density at radius 2 is 1.72 bits per heavy atom. The number of carbonyl (C=O) groups is 1. The molecule has 10 heteroatoms. The summed E-state index contributed by atoms with van der Waals surface area (Å²) in [6, 6.07) is 12.9. The van der Waals surface area contributed by atoms with Crippen LogP contribution in [-0.4, -0.2) is 46.4 Å². The number of sulfone groups is 1. The van der Waals surface area contributed by atoms with Crippen LogP contribution in [0.4, 0.5) is 0 Å². The van der Waals surface area contributed by atoms with Crippen LogP contribution in [0.5, 0.6) is 0 Å². The molecule has 1 amide bonds. The summed E-state index contributed by atoms with van der Waals surface area (Å²) < 4.78 is 50.1. The molecule has 32 heavy (non-hydrogen) atoms. The summed E-state index contributed by atoms with van der Waals surface area (Å²) >= 11 is 5.95. The van der Waals surface area contributed by atoms with E-state index < -0.39 is 19.9 Å². The molecule has 0 aromatic heterocycles. The fourth-order valence-corrected chi connectivity index (χ4v) is 6.14. The molecule has 0 spiro atoms. The largest absolute Gasteiger partial charge is 0.349 e. The molecule has 1 aliphatic heterocycles. The van der Waals surface area contributed by atoms with Crippen LogP contribution in [-0.2, 0) is 30.4 Å². The van der Waals surface area contributed by atoms with Crippen molar-refractivity contribution in [3.63, 3.8) is 0 Å². The van der Waals surface area contributed by atoms with Crippen LogP contribution in [0.25, 0.3) is 0 Å². The number of halogens is 1. The number of rotatable bonds is 7. The van der Waals surface area contributed by atoms with Crippen molar-refractivity contribution in [2.45, 2.75) is 36.5 Å². The molecule has 0 aliphatic carbocycles. The van der Waals surface area contributed by atoms with Crippen molar-refractivity contribution in [2.75, 3.05) is 19.3 Å². The number of carbonyl (C=O) groups excluding carboxylic acids is 1. The van der Waals surface area contributed by atoms with Gasteiger partial charge in [0.2, 0.25) is 15.9 Å². The van der Waals surface area contributed by atoms with E-state index in [0.717, 1.165) is 11.8 Å². The van der Waals surface area contributed by atoms with Gasteiger partial charge in [-0.2, -0.15) is 0 Å². The van der Waals surface area contributed by atoms with Crippen molar-refractivity contribution in [2.24, 2.45) is 5.92 Å². The summed E-state index contributed by atoms with van der Waals surface area (Å²) in [5.74, 6) is -0.521. The standard InChI is InChI=1S/C22H27ClN2O5S2/c1-16(18-6-8-21(9-7-18)31(2,27)28)24-22(26)19-10-12-25(13-11-19)32(29,30)15-17-4-3-5-20(23)14-17/h3-9,14,16,19H,10-13,15H2,1-2H3,(H,24,26)/t16-/m1/s1. The highest BCUT2D eigenvalue weighted by molar-refractivity contribution is 7.90. The molecule has 0 saturated carbocycles. The molecule has 7 nitrogen and oxygen atoms in total. The van der Waals surface area contributed by atoms with E-state index in [1.807, 2.05) is 6.92 Å². The molecular formula is C22H27ClN2O5S2. The summed E-state index contributed by atoms with van der Waals surface area (Å²) in [4.78, 5) is 12.9. The smallest absolute Gasteiger partial charge is 0.223 e. The average molecular weight is 499 g/mol. The number of amides is 1. The van der Waals surface area contributed by atoms with Gasteiger partial charge in [-0.1, -0.05) is 35.9 Å². The van der Waals surface area contributed by atoms with Crippen LogP contribution in [0.15, 0.2) is 53.4 Å². The quantitative estimate of drug-likeness (QED) is 0.632. The van der Waals surface area contributed by atoms with Crippen LogP contribution in [0, 0.1) is 5.92 Å². The maximum atomic E-state index is 12.7. The minimum absolute atomic E-state index is 0.120. The van der Waals surface area contributed by atoms with Crippen molar-refractivity contribution in [1.29, 1.82) is 0 Å². The molecule has 1 saturated heterocycles. The van der Waals surface area contributed by atoms with Crippen LogP contribution in [0.3, 0.4) is 0 Å². The zero-order valence-corrected chi connectivity index (χ0v) is 20.4. The summed E-state index contributed by atoms with van der Waals surface area (Å²) in [7, 11) is -6.76. The lowest BCUT2D eigenvalue weighted by Gasteiger charge is -2.31. The van der Waals surface area contributed by atoms with Crippen molar-refractivity contribution in [1.82, 2.24) is 9.62 Å². The second kappa shape index (κ2) is 9.91. The lowest BCUT2D eigenvalue weighted by atomic mass is 9.96. The van der Waals surface area contributed by atoms with Gasteiger partial charge in [-0.3, -0.25) is 4.79 Å². The fraction of sp³-hybridized carbons (Fsp3) is 0.409. The first-order valence-electron chi connectivity index (χ1n) is 10.3. The van der Waals surface area contributed by atoms with Gasteiger partial charge in [0.05, 0.1) is 16.7 Å². The molecule has 2 aromatic rings. The minimum Gasteiger partial charge on any atom is -0.349 e. The fourth-order valence-electron chi connectivity index (χ4n) is 3.74. The maximum absolute atomic E-state index is 12.7. The van der Waals surface area contributed by atoms with Crippen molar-refractivity contribution < 1.29 is 21.6 Å². The lowest BCUT2D eigenvalue weighted by Crippen LogP contribution is -2.43. The maximum Gasteiger partial charge on any atom is 0.223 e. The molecular weight excluding hydrogens is 472 g/mol. The number of nitrogens with one attached hydrogen (secondary N) is 1. The normalized spacial score (nSPS) is 17.1. The zero-order valence-electron chi connectivity index (χ0n) is 18.0. The molecule has 0 radical (unpaired) electrons. The second-order valence-electron chi connectivity index (χ2n) is 8.13. The van der Waals surface area contributed by atoms with Gasteiger partial charge in [0, 0.05) is 30.3 Å². The van der Waals surface area contributed by atoms with Gasteiger partial charge in [0.15, 0.2) is 9.84 Å². The van der Waals surface area contributed by atoms with E-state index in [2.05, 4.69) is 5.32 Å². The SMILES string of the molecule is C[C@@H](NC(=O)C1CCN(S(=O)(=O)Cc2cccc(Cl)c2)CC1)c1ccc(S(C)(=O)=O)cc1. The summed E-state index contributed by atoms with van der Waals surface area (Å²) in [5.41, 5.74) is 1.43. The molecule has 0 unspecified atom stereocenters. The highest BCUT2D eigenvalue weighted by Crippen LogP contribution is 2.24. The van der Waals surface area contributed by atoms with Crippen LogP contribution in [0.2, 0.25) is 5.02 Å². The van der Waals surface area contributed by atoms with Gasteiger partial charge < -0.3 is 5.32 Å². The third-order valence-electron chi connectivity index (χ3n) is 5.62. The summed E-state index contributed by atoms with van der Waals surface area (Å²) in [6.45, 7) is 2.41. The number of hydrogen-bond donors (Lipinski definition) is 1. The van der Waals surface area contributed by atoms with E-state index in [-0.39, 0.29) is 28.5 Å². The van der Waals surface area contributed by atoms with Gasteiger partial charge in [0.25, 0.3) is 0 Å². The van der Waals surface area contributed by atoms with Gasteiger partial charge in [-0.05, 0) is 55.2 Å². The molecule has 1 fully saturated rings. The highest BCUT2D eigenvalue weighted by atomic mass is 35.5. The first-order valence-corrected chi connectivity index (χ1v) is 14.2. The minimum atomic E-state index is -3.49. The average Bonchev–Trinajstić information content (AvgIpc) is 2.73. The summed E-state index contributed by atoms with van der Waals surface area (Å²) in [5, 5.41) is 3.45. The highest BCUT2D eigenvalue weighted by Gasteiger charge is 2.31. The molecule has 1 heterocycles. The van der Waals surface area contributed by atoms with E-state index >= 15 is 0 Å². The van der Waals surface area contributed by atoms with Crippen molar-refractivity contribution >= 4 is 37.4 Å². The second-order valence-corrected chi connectivity index (χ2v) is 12.6. The van der Waals surface area contributed by atoms with Gasteiger partial charge in [-0.25, -0.2) is 21.1 Å². The van der Waals surface area contributed by atoms with E-state index in [0.29, 0.717) is 36.5 Å². The Bertz CT molecular complexity index is 1170. The van der Waals surface area contributed by atoms with E-state index in [4.69, 9.17) is 11.6 Å². The molecule has 0 bridgehead atoms. The van der Waals surface area contributed by atoms with Crippen LogP contribution >= 0.6 is 11.6 Å². The molecule has 1 atom stereocenters. The Kier molecular flexibility index (Phi) is 7.65. The van der Waals surface area contributed by atoms with Crippen LogP contribution < -0.4 is 5.32 Å². The van der Waals surface area contributed by atoms with E-state index in [1.165, 1.54) is 16.4 Å². The first-order chi connectivity index (χ1) is 15.0. The van der Waals surface area contributed by atoms with Crippen LogP contribution in [0.1, 0.15) is 36.9 Å². The Balaban J connectivity index is 1.54. The lowest BCUT2D eigenvalue weighted by molar-refractivity contribution is -0.126. The molecule has 1 N–H and O–H groups in total. The molecule has 174 valence electrons. The molecule has 1 aliphatic rings. The third kappa shape index (κ3) is 6.31. The molecule has 2 aromatic carbocycles. The summed E-state index contributed by atoms with van der Waals surface area (Å²) in [6.07, 6.45) is 2.04. The van der Waals surface area contributed by atoms with Gasteiger partial charge in [0.1, 0.15) is 0 Å². The number of nitrogens with zero attached hydrogens (tertiary/aromatic N) is 1. The number of sulfonamides is 1. The topological polar surface area (TPSA) is 101 Å². The third-order valence-corrected chi connectivity index (χ3v) is 8.84. The van der Waals surface area contributed by atoms with Crippen molar-refractivity contribution in [3.8, 4) is 0 Å². The van der Waals surface area contributed by atoms with E-state index in [9.17, 15) is 21.6 Å².